The molecule has 0 saturated carbocycles. The van der Waals surface area contributed by atoms with E-state index in [1.165, 1.54) is 0 Å². The number of nitrogens with one attached hydrogen (secondary N) is 1. The van der Waals surface area contributed by atoms with E-state index in [-0.39, 0.29) is 24.9 Å². The standard InChI is InChI=1S/C39H37NO6/c1-26-36(39(42)45-22-21-44-31-13-7-4-8-14-31)37(32-15-9-10-16-35(32)46-25-27-11-5-3-6-12-27)38-33(40-26)23-29(24-34(38)41)28-17-19-30(43-2)20-18-28/h3-20,29,37,40H,21-25H2,1-2H3/t29-,37+/m1/s1. The Morgan fingerprint density at radius 1 is 0.783 bits per heavy atom. The average molecular weight is 616 g/mol. The fourth-order valence-electron chi connectivity index (χ4n) is 6.21. The lowest BCUT2D eigenvalue weighted by atomic mass is 9.71. The molecule has 46 heavy (non-hydrogen) atoms. The molecule has 7 nitrogen and oxygen atoms in total. The van der Waals surface area contributed by atoms with Gasteiger partial charge >= 0.3 is 5.97 Å². The quantitative estimate of drug-likeness (QED) is 0.141. The Morgan fingerprint density at radius 3 is 2.22 bits per heavy atom. The molecule has 0 spiro atoms. The Kier molecular flexibility index (Phi) is 9.48. The molecule has 0 unspecified atom stereocenters. The van der Waals surface area contributed by atoms with Crippen LogP contribution in [0.15, 0.2) is 132 Å². The minimum absolute atomic E-state index is 0.00804. The van der Waals surface area contributed by atoms with Crippen LogP contribution < -0.4 is 19.5 Å². The summed E-state index contributed by atoms with van der Waals surface area (Å²) in [6.45, 7) is 2.47. The monoisotopic (exact) mass is 615 g/mol. The normalized spacial score (nSPS) is 17.6. The van der Waals surface area contributed by atoms with E-state index in [1.807, 2.05) is 116 Å². The van der Waals surface area contributed by atoms with Crippen molar-refractivity contribution in [1.29, 1.82) is 0 Å². The van der Waals surface area contributed by atoms with Crippen molar-refractivity contribution in [1.82, 2.24) is 5.32 Å². The lowest BCUT2D eigenvalue weighted by Crippen LogP contribution is -2.36. The maximum atomic E-state index is 14.1. The number of methoxy groups -OCH3 is 1. The molecule has 1 aliphatic carbocycles. The number of para-hydroxylation sites is 2. The zero-order valence-electron chi connectivity index (χ0n) is 26.0. The summed E-state index contributed by atoms with van der Waals surface area (Å²) < 4.78 is 23.2. The van der Waals surface area contributed by atoms with Crippen LogP contribution in [-0.4, -0.2) is 32.1 Å². The van der Waals surface area contributed by atoms with Crippen LogP contribution in [0.3, 0.4) is 0 Å². The van der Waals surface area contributed by atoms with Crippen molar-refractivity contribution in [3.63, 3.8) is 0 Å². The first-order valence-corrected chi connectivity index (χ1v) is 15.5. The molecule has 0 bridgehead atoms. The zero-order valence-corrected chi connectivity index (χ0v) is 26.0. The summed E-state index contributed by atoms with van der Waals surface area (Å²) in [6.07, 6.45) is 0.949. The van der Waals surface area contributed by atoms with E-state index in [0.29, 0.717) is 47.8 Å². The summed E-state index contributed by atoms with van der Waals surface area (Å²) in [4.78, 5) is 28.0. The molecule has 2 aliphatic rings. The van der Waals surface area contributed by atoms with E-state index >= 15 is 0 Å². The molecule has 2 atom stereocenters. The lowest BCUT2D eigenvalue weighted by molar-refractivity contribution is -0.140. The number of Topliss-reactive ketones (excluding diaryl/α,β-unsaturated/α-hetero) is 1. The van der Waals surface area contributed by atoms with Gasteiger partial charge in [0.15, 0.2) is 5.78 Å². The third-order valence-electron chi connectivity index (χ3n) is 8.43. The Hall–Kier alpha value is -5.30. The van der Waals surface area contributed by atoms with Crippen molar-refractivity contribution in [2.75, 3.05) is 20.3 Å². The molecule has 1 heterocycles. The Morgan fingerprint density at radius 2 is 1.48 bits per heavy atom. The molecule has 234 valence electrons. The van der Waals surface area contributed by atoms with Crippen LogP contribution in [0.2, 0.25) is 0 Å². The molecule has 6 rings (SSSR count). The minimum Gasteiger partial charge on any atom is -0.497 e. The maximum Gasteiger partial charge on any atom is 0.336 e. The number of ether oxygens (including phenoxy) is 4. The third kappa shape index (κ3) is 6.84. The Labute approximate surface area is 269 Å². The van der Waals surface area contributed by atoms with E-state index in [2.05, 4.69) is 5.32 Å². The second-order valence-electron chi connectivity index (χ2n) is 11.4. The van der Waals surface area contributed by atoms with Crippen LogP contribution in [-0.2, 0) is 20.9 Å². The van der Waals surface area contributed by atoms with Crippen molar-refractivity contribution in [2.24, 2.45) is 0 Å². The molecule has 7 heteroatoms. The average Bonchev–Trinajstić information content (AvgIpc) is 3.09. The number of esters is 1. The number of hydrogen-bond donors (Lipinski definition) is 1. The van der Waals surface area contributed by atoms with Gasteiger partial charge in [0.25, 0.3) is 0 Å². The van der Waals surface area contributed by atoms with Gasteiger partial charge in [0.2, 0.25) is 0 Å². The van der Waals surface area contributed by atoms with Crippen molar-refractivity contribution >= 4 is 11.8 Å². The smallest absolute Gasteiger partial charge is 0.336 e. The van der Waals surface area contributed by atoms with Crippen LogP contribution in [0.5, 0.6) is 17.2 Å². The first-order chi connectivity index (χ1) is 22.5. The van der Waals surface area contributed by atoms with Gasteiger partial charge in [-0.2, -0.15) is 0 Å². The van der Waals surface area contributed by atoms with Crippen molar-refractivity contribution in [3.05, 3.63) is 148 Å². The first kappa shape index (κ1) is 30.7. The predicted octanol–water partition coefficient (Wildman–Crippen LogP) is 7.26. The molecular formula is C39H37NO6. The van der Waals surface area contributed by atoms with Gasteiger partial charge in [-0.1, -0.05) is 78.9 Å². The minimum atomic E-state index is -0.657. The molecule has 0 fully saturated rings. The topological polar surface area (TPSA) is 83.1 Å². The second-order valence-corrected chi connectivity index (χ2v) is 11.4. The number of carbonyl (C=O) groups is 2. The molecule has 1 N–H and O–H groups in total. The summed E-state index contributed by atoms with van der Waals surface area (Å²) in [5.41, 5.74) is 5.28. The van der Waals surface area contributed by atoms with E-state index < -0.39 is 11.9 Å². The molecule has 0 saturated heterocycles. The second kappa shape index (κ2) is 14.2. The van der Waals surface area contributed by atoms with Crippen molar-refractivity contribution in [3.8, 4) is 17.2 Å². The molecule has 0 radical (unpaired) electrons. The molecule has 0 aromatic heterocycles. The van der Waals surface area contributed by atoms with Crippen LogP contribution in [0.4, 0.5) is 0 Å². The Bertz CT molecular complexity index is 1740. The zero-order chi connectivity index (χ0) is 31.9. The highest BCUT2D eigenvalue weighted by Gasteiger charge is 2.42. The van der Waals surface area contributed by atoms with E-state index in [9.17, 15) is 9.59 Å². The number of dihydropyridines is 1. The number of carbonyl (C=O) groups excluding carboxylic acids is 2. The van der Waals surface area contributed by atoms with Gasteiger partial charge in [0.1, 0.15) is 37.1 Å². The lowest BCUT2D eigenvalue weighted by Gasteiger charge is -2.37. The number of benzene rings is 4. The summed E-state index contributed by atoms with van der Waals surface area (Å²) in [7, 11) is 1.64. The van der Waals surface area contributed by atoms with Gasteiger partial charge in [-0.05, 0) is 60.7 Å². The van der Waals surface area contributed by atoms with E-state index in [0.717, 1.165) is 28.1 Å². The van der Waals surface area contributed by atoms with Crippen LogP contribution >= 0.6 is 0 Å². The SMILES string of the molecule is COc1ccc([C@H]2CC(=O)C3=C(C2)NC(C)=C(C(=O)OCCOc2ccccc2)[C@@H]3c2ccccc2OCc2ccccc2)cc1. The van der Waals surface area contributed by atoms with Gasteiger partial charge < -0.3 is 24.3 Å². The summed E-state index contributed by atoms with van der Waals surface area (Å²) in [6, 6.07) is 34.8. The van der Waals surface area contributed by atoms with E-state index in [4.69, 9.17) is 18.9 Å². The van der Waals surface area contributed by atoms with Gasteiger partial charge in [0.05, 0.1) is 18.6 Å². The molecule has 4 aromatic carbocycles. The van der Waals surface area contributed by atoms with Gasteiger partial charge in [-0.15, -0.1) is 0 Å². The summed E-state index contributed by atoms with van der Waals surface area (Å²) >= 11 is 0. The van der Waals surface area contributed by atoms with Gasteiger partial charge in [-0.25, -0.2) is 4.79 Å². The summed E-state index contributed by atoms with van der Waals surface area (Å²) in [5, 5.41) is 3.44. The first-order valence-electron chi connectivity index (χ1n) is 15.5. The number of allylic oxidation sites excluding steroid dienone is 3. The molecule has 4 aromatic rings. The van der Waals surface area contributed by atoms with Crippen LogP contribution in [0, 0.1) is 0 Å². The Balaban J connectivity index is 1.31. The molecule has 0 amide bonds. The number of rotatable bonds is 11. The molecular weight excluding hydrogens is 578 g/mol. The van der Waals surface area contributed by atoms with E-state index in [1.54, 1.807) is 7.11 Å². The fraction of sp³-hybridized carbons (Fsp3) is 0.231. The third-order valence-corrected chi connectivity index (χ3v) is 8.43. The van der Waals surface area contributed by atoms with Crippen LogP contribution in [0.1, 0.15) is 48.3 Å². The predicted molar refractivity (Wildman–Crippen MR) is 176 cm³/mol. The highest BCUT2D eigenvalue weighted by Crippen LogP contribution is 2.48. The molecule has 1 aliphatic heterocycles. The number of hydrogen-bond acceptors (Lipinski definition) is 7. The fourth-order valence-corrected chi connectivity index (χ4v) is 6.21. The largest absolute Gasteiger partial charge is 0.497 e. The van der Waals surface area contributed by atoms with Gasteiger partial charge in [0, 0.05) is 29.0 Å². The highest BCUT2D eigenvalue weighted by atomic mass is 16.6. The van der Waals surface area contributed by atoms with Crippen molar-refractivity contribution in [2.45, 2.75) is 38.2 Å². The maximum absolute atomic E-state index is 14.1. The van der Waals surface area contributed by atoms with Crippen LogP contribution in [0.25, 0.3) is 0 Å². The number of ketones is 1. The van der Waals surface area contributed by atoms with Crippen molar-refractivity contribution < 1.29 is 28.5 Å². The van der Waals surface area contributed by atoms with Gasteiger partial charge in [-0.3, -0.25) is 4.79 Å². The summed E-state index contributed by atoms with van der Waals surface area (Å²) in [5.74, 6) is 0.903. The highest BCUT2D eigenvalue weighted by molar-refractivity contribution is 6.04.